The molecule has 0 atom stereocenters. The first-order valence-corrected chi connectivity index (χ1v) is 27.7. The summed E-state index contributed by atoms with van der Waals surface area (Å²) in [4.78, 5) is 0. The maximum absolute atomic E-state index is 2.69. The van der Waals surface area contributed by atoms with Crippen molar-refractivity contribution in [2.45, 2.75) is 32.4 Å². The molecule has 5 aromatic carbocycles. The standard InChI is InChI=1S/2C16H13.C7H8Ge.ClH.Zr/c2*1-12-6-4-10-14(12)16-11-5-8-13-7-2-3-9-15(13)16;1-8-7-5-3-2-4-6-7;;/h2*2-3,5,7-11H,4H2,1H3;2-6H,1H3;1H;. The average molecular weight is 703 g/mol. The molecule has 0 nitrogen and oxygen atoms in total. The molecule has 0 aliphatic heterocycles. The number of benzene rings is 5. The van der Waals surface area contributed by atoms with Gasteiger partial charge >= 0.3 is 254 Å². The van der Waals surface area contributed by atoms with Gasteiger partial charge < -0.3 is 0 Å². The van der Waals surface area contributed by atoms with Crippen LogP contribution in [0.1, 0.15) is 37.8 Å². The Hall–Kier alpha value is -2.70. The third kappa shape index (κ3) is 5.19. The van der Waals surface area contributed by atoms with E-state index in [0.717, 1.165) is 12.8 Å². The quantitative estimate of drug-likeness (QED) is 0.160. The van der Waals surface area contributed by atoms with Gasteiger partial charge in [0.1, 0.15) is 0 Å². The topological polar surface area (TPSA) is 0 Å². The van der Waals surface area contributed by atoms with E-state index in [4.69, 9.17) is 0 Å². The maximum Gasteiger partial charge on any atom is -0.147 e. The van der Waals surface area contributed by atoms with E-state index in [2.05, 4.69) is 147 Å². The van der Waals surface area contributed by atoms with Gasteiger partial charge in [0.2, 0.25) is 0 Å². The third-order valence-electron chi connectivity index (χ3n) is 9.08. The van der Waals surface area contributed by atoms with Crippen LogP contribution in [0.2, 0.25) is 5.76 Å². The normalized spacial score (nSPS) is 14.7. The first kappa shape index (κ1) is 29.4. The second-order valence-corrected chi connectivity index (χ2v) is 35.7. The number of hydrogen-bond acceptors (Lipinski definition) is 0. The summed E-state index contributed by atoms with van der Waals surface area (Å²) < 4.78 is 5.36. The van der Waals surface area contributed by atoms with Gasteiger partial charge in [-0.1, -0.05) is 0 Å². The molecule has 0 fully saturated rings. The summed E-state index contributed by atoms with van der Waals surface area (Å²) in [6.45, 7) is 4.88. The fourth-order valence-electron chi connectivity index (χ4n) is 6.94. The summed E-state index contributed by atoms with van der Waals surface area (Å²) >= 11 is -2.20. The monoisotopic (exact) mass is 702 g/mol. The fraction of sp³-hybridized carbons (Fsp3) is 0.128. The summed E-state index contributed by atoms with van der Waals surface area (Å²) in [5.74, 6) is 2.69. The van der Waals surface area contributed by atoms with Crippen molar-refractivity contribution in [3.8, 4) is 0 Å². The van der Waals surface area contributed by atoms with Crippen molar-refractivity contribution < 1.29 is 18.6 Å². The molecule has 0 unspecified atom stereocenters. The van der Waals surface area contributed by atoms with Gasteiger partial charge in [-0.3, -0.25) is 0 Å². The molecule has 0 radical (unpaired) electrons. The minimum absolute atomic E-state index is 0. The molecule has 0 amide bonds. The molecule has 7 rings (SSSR count). The Morgan fingerprint density at radius 3 is 1.45 bits per heavy atom. The van der Waals surface area contributed by atoms with Crippen LogP contribution in [0.4, 0.5) is 0 Å². The van der Waals surface area contributed by atoms with Crippen molar-refractivity contribution in [3.05, 3.63) is 156 Å². The fourth-order valence-corrected chi connectivity index (χ4v) is 40.4. The van der Waals surface area contributed by atoms with E-state index >= 15 is 0 Å². The van der Waals surface area contributed by atoms with Gasteiger partial charge in [0.15, 0.2) is 0 Å². The largest absolute Gasteiger partial charge is 0.147 e. The van der Waals surface area contributed by atoms with Crippen molar-refractivity contribution >= 4 is 59.5 Å². The van der Waals surface area contributed by atoms with Crippen molar-refractivity contribution in [1.29, 1.82) is 0 Å². The van der Waals surface area contributed by atoms with Gasteiger partial charge in [-0.05, 0) is 0 Å². The van der Waals surface area contributed by atoms with Crippen LogP contribution in [0.3, 0.4) is 0 Å². The van der Waals surface area contributed by atoms with Crippen LogP contribution in [0.5, 0.6) is 0 Å². The zero-order valence-electron chi connectivity index (χ0n) is 24.4. The molecular formula is C39H35ClGeZr. The van der Waals surface area contributed by atoms with Crippen molar-refractivity contribution in [1.82, 2.24) is 0 Å². The molecule has 0 saturated carbocycles. The number of halogens is 1. The number of fused-ring (bicyclic) bond motifs is 2. The van der Waals surface area contributed by atoms with E-state index in [1.165, 1.54) is 43.8 Å². The van der Waals surface area contributed by atoms with Crippen molar-refractivity contribution in [2.75, 3.05) is 0 Å². The van der Waals surface area contributed by atoms with Gasteiger partial charge in [0, 0.05) is 0 Å². The summed E-state index contributed by atoms with van der Waals surface area (Å²) in [6, 6.07) is 42.9. The van der Waals surface area contributed by atoms with Crippen LogP contribution >= 0.6 is 12.4 Å². The smallest absolute Gasteiger partial charge is 0.147 e. The molecule has 0 heterocycles. The van der Waals surface area contributed by atoms with Crippen molar-refractivity contribution in [2.24, 2.45) is 0 Å². The Bertz CT molecular complexity index is 1880. The van der Waals surface area contributed by atoms with E-state index in [1.54, 1.807) is 15.5 Å². The van der Waals surface area contributed by atoms with Crippen LogP contribution in [-0.2, 0) is 18.6 Å². The third-order valence-corrected chi connectivity index (χ3v) is 39.7. The van der Waals surface area contributed by atoms with Gasteiger partial charge in [-0.25, -0.2) is 0 Å². The van der Waals surface area contributed by atoms with Gasteiger partial charge in [0.05, 0.1) is 0 Å². The Labute approximate surface area is 264 Å². The molecule has 0 N–H and O–H groups in total. The van der Waals surface area contributed by atoms with E-state index in [9.17, 15) is 0 Å². The number of rotatable bonds is 5. The molecule has 0 spiro atoms. The van der Waals surface area contributed by atoms with E-state index in [1.807, 2.05) is 6.56 Å². The second kappa shape index (κ2) is 12.5. The van der Waals surface area contributed by atoms with Gasteiger partial charge in [0.25, 0.3) is 0 Å². The average Bonchev–Trinajstić information content (AvgIpc) is 3.59. The Morgan fingerprint density at radius 2 is 0.952 bits per heavy atom. The predicted octanol–water partition coefficient (Wildman–Crippen LogP) is 10.4. The second-order valence-electron chi connectivity index (χ2n) is 11.3. The molecule has 2 aliphatic rings. The Morgan fingerprint density at radius 1 is 0.524 bits per heavy atom. The summed E-state index contributed by atoms with van der Waals surface area (Å²) in [5.41, 5.74) is 8.93. The zero-order valence-corrected chi connectivity index (χ0v) is 29.8. The molecule has 3 heteroatoms. The van der Waals surface area contributed by atoms with E-state index < -0.39 is 28.6 Å². The van der Waals surface area contributed by atoms with Crippen LogP contribution < -0.4 is 4.40 Å². The maximum atomic E-state index is 2.69. The number of allylic oxidation sites excluding steroid dienone is 8. The van der Waals surface area contributed by atoms with Gasteiger partial charge in [-0.15, -0.1) is 12.4 Å². The predicted molar refractivity (Wildman–Crippen MR) is 183 cm³/mol. The summed E-state index contributed by atoms with van der Waals surface area (Å²) in [5, 5.41) is 5.41. The van der Waals surface area contributed by atoms with E-state index in [0.29, 0.717) is 0 Å². The molecule has 206 valence electrons. The minimum atomic E-state index is -2.20. The van der Waals surface area contributed by atoms with Crippen LogP contribution in [0.15, 0.2) is 145 Å². The molecule has 42 heavy (non-hydrogen) atoms. The van der Waals surface area contributed by atoms with Crippen LogP contribution in [0, 0.1) is 0 Å². The minimum Gasteiger partial charge on any atom is -0.147 e. The Balaban J connectivity index is 0.00000316. The molecule has 0 bridgehead atoms. The van der Waals surface area contributed by atoms with Crippen molar-refractivity contribution in [3.63, 3.8) is 0 Å². The molecule has 5 aromatic rings. The molecule has 0 aromatic heterocycles. The zero-order chi connectivity index (χ0) is 27.9. The molecular weight excluding hydrogens is 668 g/mol. The van der Waals surface area contributed by atoms with Gasteiger partial charge in [-0.2, -0.15) is 0 Å². The number of hydrogen-bond donors (Lipinski definition) is 0. The Kier molecular flexibility index (Phi) is 8.74. The first-order chi connectivity index (χ1) is 20.1. The van der Waals surface area contributed by atoms with E-state index in [-0.39, 0.29) is 12.4 Å². The first-order valence-electron chi connectivity index (χ1n) is 14.7. The summed E-state index contributed by atoms with van der Waals surface area (Å²) in [6.07, 6.45) is 7.40. The van der Waals surface area contributed by atoms with Crippen LogP contribution in [-0.4, -0.2) is 9.98 Å². The molecule has 0 saturated heterocycles. The molecule has 2 aliphatic carbocycles. The SMILES string of the molecule is CC1=[C]([Zr]([C]2=C(C)C(c3cccc4ccccc34)=CC2)=[Ge]([CH3])[c]2ccccc2)CC=C1c1cccc2ccccc12.Cl. The summed E-state index contributed by atoms with van der Waals surface area (Å²) in [7, 11) is -1.54. The van der Waals surface area contributed by atoms with Crippen LogP contribution in [0.25, 0.3) is 32.7 Å².